The number of amidine groups is 4. The van der Waals surface area contributed by atoms with Crippen molar-refractivity contribution in [3.05, 3.63) is 272 Å². The molecule has 0 amide bonds. The number of thiazole rings is 4. The standard InChI is InChI=1S/C26H19N5OS.C23H22N8S.C22H17N5OS.C22H19N5S/c1-17-22(20-12-7-8-16-31(20)30-17)26-29-23(24(33-26)25-27-14-15-28-25)19-11-5-6-13-21(19)32-18-9-3-2-4-10-18;1-15-18(17-6-2-3-12-31(17)29-15)23-28-19(20(32-23)21-25-8-9-26-21)16-5-4-7-27-22(16)30-13-10-24-11-14-30;1-13-18(17-8-3-4-11-27(17)26-13)22-25-19(20(29-22)21-23-9-10-24-21)16-7-5-6-15(12-16)14(2)28;1-13-10-14(2)12-16(11-13)19-20(21-23-7-8-24-21)28-22(25-19)18-15(3)26-27-9-5-4-6-17(18)27/h2-14,16H,15H2,1H3;2-8,12,24H,9-11,13-14H2,1H3;3-9,11-12H,10H2,1-2H3;4-7,9-12H,8H2,1-3H3. The van der Waals surface area contributed by atoms with E-state index in [2.05, 4.69) is 127 Å². The number of hydrogen-bond donors (Lipinski definition) is 1. The molecule has 5 aliphatic rings. The number of anilines is 1. The first-order valence-corrected chi connectivity index (χ1v) is 43.1. The zero-order valence-corrected chi connectivity index (χ0v) is 70.7. The van der Waals surface area contributed by atoms with Gasteiger partial charge in [-0.25, -0.2) is 63.0 Å². The molecule has 25 nitrogen and oxygen atoms in total. The Kier molecular flexibility index (Phi) is 21.7. The number of ketones is 1. The smallest absolute Gasteiger partial charge is 0.167 e. The van der Waals surface area contributed by atoms with Gasteiger partial charge in [0.05, 0.1) is 136 Å². The number of carbonyl (C=O) groups is 1. The summed E-state index contributed by atoms with van der Waals surface area (Å²) in [5.41, 5.74) is 22.5. The predicted molar refractivity (Wildman–Crippen MR) is 494 cm³/mol. The van der Waals surface area contributed by atoms with Gasteiger partial charge in [0.1, 0.15) is 37.3 Å². The summed E-state index contributed by atoms with van der Waals surface area (Å²) < 4.78 is 13.8. The number of aliphatic imine (C=N–C) groups is 8. The van der Waals surface area contributed by atoms with Gasteiger partial charge < -0.3 is 15.0 Å². The molecule has 0 atom stereocenters. The Hall–Kier alpha value is -14.1. The minimum absolute atomic E-state index is 0.0264. The maximum atomic E-state index is 11.9. The Bertz CT molecular complexity index is 7170. The molecule has 5 aliphatic heterocycles. The van der Waals surface area contributed by atoms with E-state index in [4.69, 9.17) is 29.7 Å². The van der Waals surface area contributed by atoms with Crippen molar-refractivity contribution in [3.63, 3.8) is 0 Å². The number of nitrogens with one attached hydrogen (secondary N) is 1. The van der Waals surface area contributed by atoms with Crippen molar-refractivity contribution in [2.24, 2.45) is 39.9 Å². The highest BCUT2D eigenvalue weighted by atomic mass is 32.1. The van der Waals surface area contributed by atoms with Crippen LogP contribution in [-0.4, -0.2) is 170 Å². The van der Waals surface area contributed by atoms with E-state index in [1.807, 2.05) is 235 Å². The lowest BCUT2D eigenvalue weighted by Gasteiger charge is -2.29. The first kappa shape index (κ1) is 77.8. The number of aromatic nitrogens is 13. The molecular weight excluding hydrogens is 1600 g/mol. The minimum Gasteiger partial charge on any atom is -0.457 e. The van der Waals surface area contributed by atoms with Crippen LogP contribution in [0.15, 0.2) is 253 Å². The molecule has 122 heavy (non-hydrogen) atoms. The van der Waals surface area contributed by atoms with Gasteiger partial charge in [-0.1, -0.05) is 90.0 Å². The third-order valence-corrected chi connectivity index (χ3v) is 25.1. The molecule has 13 aromatic heterocycles. The number of aryl methyl sites for hydroxylation is 6. The van der Waals surface area contributed by atoms with Crippen LogP contribution in [0.2, 0.25) is 0 Å². The number of fused-ring (bicyclic) bond motifs is 4. The molecule has 1 N–H and O–H groups in total. The summed E-state index contributed by atoms with van der Waals surface area (Å²) in [6, 6.07) is 60.1. The first-order chi connectivity index (χ1) is 59.8. The van der Waals surface area contributed by atoms with Crippen LogP contribution in [-0.2, 0) is 0 Å². The number of para-hydroxylation sites is 2. The maximum Gasteiger partial charge on any atom is 0.167 e. The first-order valence-electron chi connectivity index (χ1n) is 39.8. The number of carbonyl (C=O) groups excluding carboxylic acids is 1. The molecule has 0 spiro atoms. The maximum absolute atomic E-state index is 11.9. The van der Waals surface area contributed by atoms with Crippen molar-refractivity contribution in [2.45, 2.75) is 48.5 Å². The van der Waals surface area contributed by atoms with E-state index in [9.17, 15) is 4.79 Å². The summed E-state index contributed by atoms with van der Waals surface area (Å²) >= 11 is 6.41. The molecule has 0 aliphatic carbocycles. The van der Waals surface area contributed by atoms with Crippen LogP contribution in [0.25, 0.3) is 109 Å². The van der Waals surface area contributed by atoms with E-state index in [0.29, 0.717) is 43.4 Å². The summed E-state index contributed by atoms with van der Waals surface area (Å²) in [5, 5.41) is 25.7. The number of rotatable bonds is 16. The lowest BCUT2D eigenvalue weighted by molar-refractivity contribution is 0.101. The highest BCUT2D eigenvalue weighted by Crippen LogP contribution is 2.46. The van der Waals surface area contributed by atoms with E-state index >= 15 is 0 Å². The molecule has 600 valence electrons. The Morgan fingerprint density at radius 2 is 0.787 bits per heavy atom. The van der Waals surface area contributed by atoms with Gasteiger partial charge in [0.15, 0.2) is 29.1 Å². The lowest BCUT2D eigenvalue weighted by atomic mass is 10.0. The van der Waals surface area contributed by atoms with Gasteiger partial charge in [-0.05, 0) is 152 Å². The Morgan fingerprint density at radius 1 is 0.393 bits per heavy atom. The molecule has 1 saturated heterocycles. The van der Waals surface area contributed by atoms with Gasteiger partial charge in [0, 0.05) is 110 Å². The Morgan fingerprint density at radius 3 is 1.22 bits per heavy atom. The van der Waals surface area contributed by atoms with Gasteiger partial charge in [-0.3, -0.25) is 24.8 Å². The number of pyridine rings is 5. The highest BCUT2D eigenvalue weighted by molar-refractivity contribution is 7.19. The van der Waals surface area contributed by atoms with Crippen molar-refractivity contribution >= 4 is 127 Å². The van der Waals surface area contributed by atoms with Gasteiger partial charge in [0.2, 0.25) is 0 Å². The van der Waals surface area contributed by atoms with Crippen LogP contribution in [0.3, 0.4) is 0 Å². The monoisotopic (exact) mass is 1680 g/mol. The molecule has 0 unspecified atom stereocenters. The Labute approximate surface area is 716 Å². The fraction of sp³-hybridized carbons (Fsp3) is 0.161. The second kappa shape index (κ2) is 34.0. The molecular formula is C93H77N23O2S4. The largest absolute Gasteiger partial charge is 0.457 e. The number of nitrogens with zero attached hydrogens (tertiary/aromatic N) is 22. The van der Waals surface area contributed by atoms with Crippen LogP contribution in [0, 0.1) is 41.5 Å². The van der Waals surface area contributed by atoms with Crippen LogP contribution >= 0.6 is 45.3 Å². The van der Waals surface area contributed by atoms with E-state index in [-0.39, 0.29) is 5.78 Å². The number of Topliss-reactive ketones (excluding diaryl/α,β-unsaturated/α-hetero) is 1. The Balaban J connectivity index is 0.000000107. The zero-order valence-electron chi connectivity index (χ0n) is 67.5. The van der Waals surface area contributed by atoms with Crippen LogP contribution in [0.4, 0.5) is 5.82 Å². The summed E-state index contributed by atoms with van der Waals surface area (Å²) in [4.78, 5) is 79.4. The van der Waals surface area contributed by atoms with Gasteiger partial charge in [0.25, 0.3) is 0 Å². The predicted octanol–water partition coefficient (Wildman–Crippen LogP) is 18.5. The van der Waals surface area contributed by atoms with Gasteiger partial charge in [-0.15, -0.1) is 45.3 Å². The van der Waals surface area contributed by atoms with E-state index in [1.165, 1.54) is 11.1 Å². The fourth-order valence-corrected chi connectivity index (χ4v) is 20.0. The summed E-state index contributed by atoms with van der Waals surface area (Å²) in [7, 11) is 0. The average molecular weight is 1680 g/mol. The molecule has 18 heterocycles. The van der Waals surface area contributed by atoms with Gasteiger partial charge >= 0.3 is 0 Å². The number of piperazine rings is 1. The van der Waals surface area contributed by atoms with Crippen molar-refractivity contribution in [2.75, 3.05) is 57.3 Å². The molecule has 4 aromatic carbocycles. The molecule has 0 radical (unpaired) electrons. The van der Waals surface area contributed by atoms with Crippen molar-refractivity contribution in [1.29, 1.82) is 0 Å². The van der Waals surface area contributed by atoms with E-state index < -0.39 is 0 Å². The van der Waals surface area contributed by atoms with Crippen LogP contribution in [0.1, 0.15) is 70.7 Å². The number of benzene rings is 4. The molecule has 0 saturated carbocycles. The molecule has 29 heteroatoms. The second-order valence-corrected chi connectivity index (χ2v) is 33.2. The van der Waals surface area contributed by atoms with Gasteiger partial charge in [-0.2, -0.15) is 20.4 Å². The van der Waals surface area contributed by atoms with Crippen molar-refractivity contribution in [3.8, 4) is 98.8 Å². The average Bonchev–Trinajstić information content (AvgIpc) is 1.62. The topological polar surface area (TPSA) is 274 Å². The highest BCUT2D eigenvalue weighted by Gasteiger charge is 2.31. The van der Waals surface area contributed by atoms with Crippen molar-refractivity contribution in [1.82, 2.24) is 68.7 Å². The third kappa shape index (κ3) is 15.5. The van der Waals surface area contributed by atoms with E-state index in [1.54, 1.807) is 58.5 Å². The van der Waals surface area contributed by atoms with Crippen molar-refractivity contribution < 1.29 is 9.53 Å². The number of hydrogen-bond acceptors (Lipinski definition) is 25. The van der Waals surface area contributed by atoms with E-state index in [0.717, 1.165) is 207 Å². The minimum atomic E-state index is 0.0264. The van der Waals surface area contributed by atoms with Crippen LogP contribution < -0.4 is 15.0 Å². The normalized spacial score (nSPS) is 14.0. The lowest BCUT2D eigenvalue weighted by Crippen LogP contribution is -2.44. The zero-order chi connectivity index (χ0) is 82.9. The quantitative estimate of drug-likeness (QED) is 0.0882. The molecule has 0 bridgehead atoms. The third-order valence-electron chi connectivity index (χ3n) is 20.8. The molecule has 22 rings (SSSR count). The molecule has 1 fully saturated rings. The fourth-order valence-electron chi connectivity index (χ4n) is 15.4. The molecule has 17 aromatic rings. The summed E-state index contributed by atoms with van der Waals surface area (Å²) in [5.74, 6) is 5.41. The summed E-state index contributed by atoms with van der Waals surface area (Å²) in [6.45, 7) is 20.0. The number of ether oxygens (including phenoxy) is 1. The second-order valence-electron chi connectivity index (χ2n) is 29.2. The summed E-state index contributed by atoms with van der Waals surface area (Å²) in [6.07, 6.45) is 17.0. The SMILES string of the molecule is CC(=O)c1cccc(-c2nc(-c3c(C)nn4ccccc34)sc2C2=NCC=N2)c1.Cc1cc(C)cc(-c2nc(-c3c(C)nn4ccccc34)sc2C2=NCC=N2)c1.Cc1nn2ccccc2c1-c1nc(-c2ccccc2Oc2ccccc2)c(C2=NCC=N2)s1.Cc1nn2ccccc2c1-c1nc(-c2cccnc2N2CCNCC2)c(C2=NCC=N2)s1. The van der Waals surface area contributed by atoms with Crippen LogP contribution in [0.5, 0.6) is 11.5 Å².